The van der Waals surface area contributed by atoms with E-state index in [1.54, 1.807) is 12.1 Å². The largest absolute Gasteiger partial charge is 0.330 e. The third-order valence-corrected chi connectivity index (χ3v) is 2.79. The average Bonchev–Trinajstić information content (AvgIpc) is 2.27. The second kappa shape index (κ2) is 5.07. The van der Waals surface area contributed by atoms with Crippen LogP contribution < -0.4 is 5.73 Å². The second-order valence-electron chi connectivity index (χ2n) is 4.79. The van der Waals surface area contributed by atoms with Gasteiger partial charge >= 0.3 is 0 Å². The lowest BCUT2D eigenvalue weighted by Crippen LogP contribution is -2.23. The average molecular weight is 222 g/mol. The molecule has 1 aromatic rings. The summed E-state index contributed by atoms with van der Waals surface area (Å²) in [5, 5.41) is 10.5. The summed E-state index contributed by atoms with van der Waals surface area (Å²) < 4.78 is 0. The zero-order valence-electron chi connectivity index (χ0n) is 9.77. The van der Waals surface area contributed by atoms with Crippen molar-refractivity contribution in [3.05, 3.63) is 39.9 Å². The third-order valence-electron chi connectivity index (χ3n) is 2.79. The Morgan fingerprint density at radius 3 is 2.31 bits per heavy atom. The van der Waals surface area contributed by atoms with Crippen LogP contribution in [0.2, 0.25) is 0 Å². The molecule has 1 rings (SSSR count). The van der Waals surface area contributed by atoms with E-state index in [1.165, 1.54) is 0 Å². The predicted octanol–water partition coefficient (Wildman–Crippen LogP) is 2.51. The summed E-state index contributed by atoms with van der Waals surface area (Å²) in [5.74, 6) is 0. The SMILES string of the molecule is CC(C)(CN)CCc1ccc([N+](=O)[O-])cc1. The second-order valence-corrected chi connectivity index (χ2v) is 4.79. The summed E-state index contributed by atoms with van der Waals surface area (Å²) in [5.41, 5.74) is 7.03. The molecule has 0 radical (unpaired) electrons. The van der Waals surface area contributed by atoms with Crippen LogP contribution in [-0.4, -0.2) is 11.5 Å². The van der Waals surface area contributed by atoms with Gasteiger partial charge in [-0.25, -0.2) is 0 Å². The van der Waals surface area contributed by atoms with Crippen molar-refractivity contribution in [2.24, 2.45) is 11.1 Å². The van der Waals surface area contributed by atoms with Crippen molar-refractivity contribution in [2.75, 3.05) is 6.54 Å². The molecule has 2 N–H and O–H groups in total. The van der Waals surface area contributed by atoms with E-state index in [1.807, 2.05) is 12.1 Å². The molecule has 0 heterocycles. The van der Waals surface area contributed by atoms with Gasteiger partial charge in [-0.2, -0.15) is 0 Å². The minimum atomic E-state index is -0.381. The Morgan fingerprint density at radius 2 is 1.88 bits per heavy atom. The van der Waals surface area contributed by atoms with Crippen molar-refractivity contribution in [2.45, 2.75) is 26.7 Å². The van der Waals surface area contributed by atoms with Crippen LogP contribution in [-0.2, 0) is 6.42 Å². The number of hydrogen-bond acceptors (Lipinski definition) is 3. The first kappa shape index (κ1) is 12.6. The first-order chi connectivity index (χ1) is 7.44. The Labute approximate surface area is 95.6 Å². The zero-order valence-corrected chi connectivity index (χ0v) is 9.77. The van der Waals surface area contributed by atoms with E-state index in [9.17, 15) is 10.1 Å². The predicted molar refractivity (Wildman–Crippen MR) is 64.3 cm³/mol. The summed E-state index contributed by atoms with van der Waals surface area (Å²) >= 11 is 0. The Morgan fingerprint density at radius 1 is 1.31 bits per heavy atom. The van der Waals surface area contributed by atoms with Gasteiger partial charge in [0.25, 0.3) is 5.69 Å². The topological polar surface area (TPSA) is 69.2 Å². The molecule has 4 nitrogen and oxygen atoms in total. The first-order valence-electron chi connectivity index (χ1n) is 5.38. The summed E-state index contributed by atoms with van der Waals surface area (Å²) in [4.78, 5) is 10.1. The third kappa shape index (κ3) is 3.62. The van der Waals surface area contributed by atoms with Crippen LogP contribution in [0.15, 0.2) is 24.3 Å². The van der Waals surface area contributed by atoms with Crippen LogP contribution in [0, 0.1) is 15.5 Å². The summed E-state index contributed by atoms with van der Waals surface area (Å²) in [7, 11) is 0. The van der Waals surface area contributed by atoms with Gasteiger partial charge in [-0.3, -0.25) is 10.1 Å². The van der Waals surface area contributed by atoms with Gasteiger partial charge in [0.05, 0.1) is 4.92 Å². The Hall–Kier alpha value is -1.42. The molecule has 0 aliphatic rings. The molecule has 88 valence electrons. The Balaban J connectivity index is 2.59. The van der Waals surface area contributed by atoms with Crippen molar-refractivity contribution in [3.63, 3.8) is 0 Å². The zero-order chi connectivity index (χ0) is 12.2. The highest BCUT2D eigenvalue weighted by Crippen LogP contribution is 2.22. The maximum Gasteiger partial charge on any atom is 0.269 e. The molecular formula is C12H18N2O2. The van der Waals surface area contributed by atoms with Crippen LogP contribution in [0.4, 0.5) is 5.69 Å². The maximum atomic E-state index is 10.5. The molecule has 0 amide bonds. The molecule has 16 heavy (non-hydrogen) atoms. The van der Waals surface area contributed by atoms with E-state index in [2.05, 4.69) is 13.8 Å². The highest BCUT2D eigenvalue weighted by Gasteiger charge is 2.15. The lowest BCUT2D eigenvalue weighted by Gasteiger charge is -2.21. The highest BCUT2D eigenvalue weighted by atomic mass is 16.6. The number of aryl methyl sites for hydroxylation is 1. The van der Waals surface area contributed by atoms with Gasteiger partial charge in [0.2, 0.25) is 0 Å². The molecule has 0 bridgehead atoms. The van der Waals surface area contributed by atoms with Crippen molar-refractivity contribution in [1.29, 1.82) is 0 Å². The van der Waals surface area contributed by atoms with Gasteiger partial charge < -0.3 is 5.73 Å². The van der Waals surface area contributed by atoms with Crippen molar-refractivity contribution in [1.82, 2.24) is 0 Å². The van der Waals surface area contributed by atoms with Crippen LogP contribution in [0.1, 0.15) is 25.8 Å². The number of nitrogens with zero attached hydrogens (tertiary/aromatic N) is 1. The minimum Gasteiger partial charge on any atom is -0.330 e. The maximum absolute atomic E-state index is 10.5. The van der Waals surface area contributed by atoms with E-state index < -0.39 is 0 Å². The fourth-order valence-corrected chi connectivity index (χ4v) is 1.37. The number of nitrogens with two attached hydrogens (primary N) is 1. The number of benzene rings is 1. The van der Waals surface area contributed by atoms with Crippen LogP contribution >= 0.6 is 0 Å². The summed E-state index contributed by atoms with van der Waals surface area (Å²) in [6.45, 7) is 4.90. The molecule has 0 saturated carbocycles. The smallest absolute Gasteiger partial charge is 0.269 e. The fourth-order valence-electron chi connectivity index (χ4n) is 1.37. The molecule has 0 atom stereocenters. The normalized spacial score (nSPS) is 11.4. The summed E-state index contributed by atoms with van der Waals surface area (Å²) in [6.07, 6.45) is 1.89. The molecule has 0 unspecified atom stereocenters. The standard InChI is InChI=1S/C12H18N2O2/c1-12(2,9-13)8-7-10-3-5-11(6-4-10)14(15)16/h3-6H,7-9,13H2,1-2H3. The van der Waals surface area contributed by atoms with Gasteiger partial charge in [0, 0.05) is 12.1 Å². The van der Waals surface area contributed by atoms with Crippen LogP contribution in [0.3, 0.4) is 0 Å². The molecule has 0 aliphatic heterocycles. The van der Waals surface area contributed by atoms with Gasteiger partial charge in [-0.1, -0.05) is 26.0 Å². The Kier molecular flexibility index (Phi) is 4.01. The van der Waals surface area contributed by atoms with Crippen molar-refractivity contribution in [3.8, 4) is 0 Å². The minimum absolute atomic E-state index is 0.127. The molecule has 0 fully saturated rings. The molecule has 0 aromatic heterocycles. The number of rotatable bonds is 5. The van der Waals surface area contributed by atoms with E-state index in [0.29, 0.717) is 6.54 Å². The van der Waals surface area contributed by atoms with Crippen LogP contribution in [0.5, 0.6) is 0 Å². The van der Waals surface area contributed by atoms with Crippen molar-refractivity contribution >= 4 is 5.69 Å². The highest BCUT2D eigenvalue weighted by molar-refractivity contribution is 5.32. The fraction of sp³-hybridized carbons (Fsp3) is 0.500. The van der Waals surface area contributed by atoms with E-state index in [-0.39, 0.29) is 16.0 Å². The molecule has 0 aliphatic carbocycles. The van der Waals surface area contributed by atoms with Crippen molar-refractivity contribution < 1.29 is 4.92 Å². The number of nitro benzene ring substituents is 1. The molecule has 0 saturated heterocycles. The number of nitro groups is 1. The molecule has 0 spiro atoms. The van der Waals surface area contributed by atoms with E-state index in [4.69, 9.17) is 5.73 Å². The quantitative estimate of drug-likeness (QED) is 0.614. The van der Waals surface area contributed by atoms with Gasteiger partial charge in [-0.05, 0) is 30.4 Å². The summed E-state index contributed by atoms with van der Waals surface area (Å²) in [6, 6.07) is 6.71. The number of hydrogen-bond donors (Lipinski definition) is 1. The van der Waals surface area contributed by atoms with Gasteiger partial charge in [-0.15, -0.1) is 0 Å². The lowest BCUT2D eigenvalue weighted by molar-refractivity contribution is -0.384. The van der Waals surface area contributed by atoms with Gasteiger partial charge in [0.15, 0.2) is 0 Å². The van der Waals surface area contributed by atoms with E-state index in [0.717, 1.165) is 18.4 Å². The van der Waals surface area contributed by atoms with E-state index >= 15 is 0 Å². The molecule has 1 aromatic carbocycles. The molecule has 4 heteroatoms. The molecular weight excluding hydrogens is 204 g/mol. The van der Waals surface area contributed by atoms with Crippen LogP contribution in [0.25, 0.3) is 0 Å². The van der Waals surface area contributed by atoms with Gasteiger partial charge in [0.1, 0.15) is 0 Å². The lowest BCUT2D eigenvalue weighted by atomic mass is 9.86. The Bertz CT molecular complexity index is 358. The first-order valence-corrected chi connectivity index (χ1v) is 5.38. The monoisotopic (exact) mass is 222 g/mol. The number of non-ortho nitro benzene ring substituents is 1.